The van der Waals surface area contributed by atoms with Crippen molar-refractivity contribution in [2.24, 2.45) is 0 Å². The number of carboxylic acids is 2. The van der Waals surface area contributed by atoms with E-state index in [1.54, 1.807) is 0 Å². The molecule has 1 saturated heterocycles. The standard InChI is InChI=1S/C36H28O15/c37-11-22-29(41)32(44)33(45)36(51-22)50-21-6-2-4-15-24(17-8-13(35(48)49)10-20(40)27(17)31(43)28(15)21)23-14-3-1-5-18(38)25(14)30(42)26-16(23)7-12(34(46)47)9-19(26)39/h1-10,22-24,29,32-33,36-41,44-45H,11H2,(H,46,47)(H,48,49). The number of aliphatic hydroxyl groups is 4. The van der Waals surface area contributed by atoms with E-state index in [1.807, 2.05) is 0 Å². The fourth-order valence-electron chi connectivity index (χ4n) is 7.34. The third-order valence-corrected chi connectivity index (χ3v) is 9.60. The molecule has 0 aromatic heterocycles. The van der Waals surface area contributed by atoms with Crippen molar-refractivity contribution in [2.75, 3.05) is 6.61 Å². The van der Waals surface area contributed by atoms with E-state index in [-0.39, 0.29) is 50.3 Å². The molecule has 4 aromatic carbocycles. The molecule has 0 bridgehead atoms. The first kappa shape index (κ1) is 33.6. The van der Waals surface area contributed by atoms with Crippen LogP contribution in [0.5, 0.6) is 23.0 Å². The summed E-state index contributed by atoms with van der Waals surface area (Å²) >= 11 is 0. The van der Waals surface area contributed by atoms with Crippen LogP contribution in [-0.4, -0.2) is 107 Å². The van der Waals surface area contributed by atoms with Crippen LogP contribution in [0, 0.1) is 0 Å². The minimum atomic E-state index is -1.88. The number of aromatic carboxylic acids is 2. The van der Waals surface area contributed by atoms with Gasteiger partial charge in [-0.1, -0.05) is 24.3 Å². The second-order valence-electron chi connectivity index (χ2n) is 12.4. The van der Waals surface area contributed by atoms with Gasteiger partial charge in [0.15, 0.2) is 0 Å². The van der Waals surface area contributed by atoms with Crippen LogP contribution < -0.4 is 4.74 Å². The topological polar surface area (TPSA) is 269 Å². The van der Waals surface area contributed by atoms with Crippen molar-refractivity contribution in [1.82, 2.24) is 0 Å². The molecule has 15 nitrogen and oxygen atoms in total. The molecule has 0 radical (unpaired) electrons. The Balaban J connectivity index is 1.52. The number of fused-ring (bicyclic) bond motifs is 4. The van der Waals surface area contributed by atoms with E-state index in [4.69, 9.17) is 9.47 Å². The van der Waals surface area contributed by atoms with Gasteiger partial charge in [0.1, 0.15) is 47.4 Å². The molecular formula is C36H28O15. The van der Waals surface area contributed by atoms with Crippen LogP contribution in [0.4, 0.5) is 0 Å². The molecule has 1 fully saturated rings. The molecule has 15 heteroatoms. The lowest BCUT2D eigenvalue weighted by atomic mass is 9.63. The van der Waals surface area contributed by atoms with Crippen LogP contribution in [0.15, 0.2) is 60.7 Å². The molecule has 2 aliphatic carbocycles. The van der Waals surface area contributed by atoms with Crippen LogP contribution >= 0.6 is 0 Å². The minimum Gasteiger partial charge on any atom is -0.507 e. The van der Waals surface area contributed by atoms with E-state index in [1.165, 1.54) is 36.4 Å². The molecule has 3 aliphatic rings. The summed E-state index contributed by atoms with van der Waals surface area (Å²) in [5.41, 5.74) is -1.98. The lowest BCUT2D eigenvalue weighted by Gasteiger charge is -2.41. The van der Waals surface area contributed by atoms with Crippen LogP contribution in [0.3, 0.4) is 0 Å². The maximum Gasteiger partial charge on any atom is 0.335 e. The zero-order chi connectivity index (χ0) is 36.6. The van der Waals surface area contributed by atoms with Crippen LogP contribution in [0.25, 0.3) is 0 Å². The third kappa shape index (κ3) is 5.09. The first-order valence-electron chi connectivity index (χ1n) is 15.5. The molecule has 7 atom stereocenters. The highest BCUT2D eigenvalue weighted by Gasteiger charge is 2.48. The van der Waals surface area contributed by atoms with Gasteiger partial charge in [0.2, 0.25) is 17.9 Å². The molecule has 262 valence electrons. The summed E-state index contributed by atoms with van der Waals surface area (Å²) in [7, 11) is 0. The number of carbonyl (C=O) groups is 4. The van der Waals surface area contributed by atoms with Gasteiger partial charge < -0.3 is 55.4 Å². The Morgan fingerprint density at radius 3 is 1.65 bits per heavy atom. The fraction of sp³-hybridized carbons (Fsp3) is 0.222. The monoisotopic (exact) mass is 700 g/mol. The van der Waals surface area contributed by atoms with E-state index in [9.17, 15) is 65.1 Å². The van der Waals surface area contributed by atoms with Gasteiger partial charge in [0.05, 0.1) is 40.0 Å². The number of hydrogen-bond donors (Lipinski definition) is 9. The highest BCUT2D eigenvalue weighted by molar-refractivity contribution is 6.18. The molecule has 1 aliphatic heterocycles. The zero-order valence-corrected chi connectivity index (χ0v) is 26.0. The normalized spacial score (nSPS) is 24.9. The average molecular weight is 701 g/mol. The van der Waals surface area contributed by atoms with Gasteiger partial charge in [-0.05, 0) is 58.7 Å². The molecule has 4 aromatic rings. The van der Waals surface area contributed by atoms with E-state index in [0.717, 1.165) is 24.3 Å². The Morgan fingerprint density at radius 2 is 1.12 bits per heavy atom. The second kappa shape index (κ2) is 12.2. The predicted octanol–water partition coefficient (Wildman–Crippen LogP) is 1.43. The van der Waals surface area contributed by atoms with Crippen molar-refractivity contribution >= 4 is 23.5 Å². The lowest BCUT2D eigenvalue weighted by Crippen LogP contribution is -2.60. The van der Waals surface area contributed by atoms with Gasteiger partial charge in [-0.15, -0.1) is 0 Å². The smallest absolute Gasteiger partial charge is 0.335 e. The fourth-order valence-corrected chi connectivity index (χ4v) is 7.34. The average Bonchev–Trinajstić information content (AvgIpc) is 3.08. The van der Waals surface area contributed by atoms with Gasteiger partial charge >= 0.3 is 11.9 Å². The van der Waals surface area contributed by atoms with Gasteiger partial charge in [-0.25, -0.2) is 9.59 Å². The summed E-state index contributed by atoms with van der Waals surface area (Å²) in [5.74, 6) is -9.35. The summed E-state index contributed by atoms with van der Waals surface area (Å²) in [6, 6.07) is 12.3. The SMILES string of the molecule is O=C(O)c1cc(O)c2c(c1)C(C1c3cc(C(=O)O)cc(O)c3C(=O)c3c(OC4OC(CO)C(O)C(O)C4O)cccc31)c1cccc(O)c1C2=O. The van der Waals surface area contributed by atoms with Crippen molar-refractivity contribution in [1.29, 1.82) is 0 Å². The second-order valence-corrected chi connectivity index (χ2v) is 12.4. The summed E-state index contributed by atoms with van der Waals surface area (Å²) in [4.78, 5) is 52.6. The molecule has 0 amide bonds. The van der Waals surface area contributed by atoms with Gasteiger partial charge in [0.25, 0.3) is 0 Å². The summed E-state index contributed by atoms with van der Waals surface area (Å²) in [5, 5.41) is 94.1. The molecule has 1 heterocycles. The van der Waals surface area contributed by atoms with E-state index < -0.39 is 101 Å². The quantitative estimate of drug-likeness (QED) is 0.138. The largest absolute Gasteiger partial charge is 0.507 e. The molecule has 9 N–H and O–H groups in total. The number of carboxylic acid groups (broad SMARTS) is 2. The minimum absolute atomic E-state index is 0.0489. The molecule has 0 spiro atoms. The Kier molecular flexibility index (Phi) is 8.04. The van der Waals surface area contributed by atoms with Gasteiger partial charge in [0, 0.05) is 11.8 Å². The Bertz CT molecular complexity index is 2170. The first-order valence-corrected chi connectivity index (χ1v) is 15.5. The number of aliphatic hydroxyl groups excluding tert-OH is 4. The summed E-state index contributed by atoms with van der Waals surface area (Å²) in [6.07, 6.45) is -8.55. The third-order valence-electron chi connectivity index (χ3n) is 9.60. The number of hydrogen-bond acceptors (Lipinski definition) is 13. The molecule has 7 unspecified atom stereocenters. The van der Waals surface area contributed by atoms with E-state index >= 15 is 0 Å². The van der Waals surface area contributed by atoms with Crippen LogP contribution in [-0.2, 0) is 4.74 Å². The number of aromatic hydroxyl groups is 3. The van der Waals surface area contributed by atoms with Crippen molar-refractivity contribution in [3.63, 3.8) is 0 Å². The highest BCUT2D eigenvalue weighted by Crippen LogP contribution is 2.56. The van der Waals surface area contributed by atoms with Gasteiger partial charge in [-0.3, -0.25) is 9.59 Å². The van der Waals surface area contributed by atoms with Crippen molar-refractivity contribution in [3.8, 4) is 23.0 Å². The van der Waals surface area contributed by atoms with Crippen LogP contribution in [0.1, 0.15) is 86.6 Å². The number of benzene rings is 4. The molecule has 0 saturated carbocycles. The van der Waals surface area contributed by atoms with Crippen molar-refractivity contribution in [2.45, 2.75) is 42.5 Å². The van der Waals surface area contributed by atoms with Gasteiger partial charge in [-0.2, -0.15) is 0 Å². The van der Waals surface area contributed by atoms with Crippen LogP contribution in [0.2, 0.25) is 0 Å². The number of ether oxygens (including phenoxy) is 2. The zero-order valence-electron chi connectivity index (χ0n) is 26.0. The Morgan fingerprint density at radius 1 is 0.627 bits per heavy atom. The number of phenolic OH excluding ortho intramolecular Hbond substituents is 3. The maximum absolute atomic E-state index is 14.4. The predicted molar refractivity (Wildman–Crippen MR) is 170 cm³/mol. The summed E-state index contributed by atoms with van der Waals surface area (Å²) < 4.78 is 11.4. The maximum atomic E-state index is 14.4. The van der Waals surface area contributed by atoms with Crippen molar-refractivity contribution in [3.05, 3.63) is 116 Å². The molecule has 51 heavy (non-hydrogen) atoms. The lowest BCUT2D eigenvalue weighted by molar-refractivity contribution is -0.277. The number of ketones is 2. The van der Waals surface area contributed by atoms with Crippen molar-refractivity contribution < 1.29 is 74.6 Å². The number of carbonyl (C=O) groups excluding carboxylic acids is 2. The molecular weight excluding hydrogens is 672 g/mol. The number of phenols is 3. The van der Waals surface area contributed by atoms with E-state index in [0.29, 0.717) is 0 Å². The first-order chi connectivity index (χ1) is 24.2. The highest BCUT2D eigenvalue weighted by atomic mass is 16.7. The Hall–Kier alpha value is -5.84. The molecule has 7 rings (SSSR count). The number of rotatable bonds is 6. The Labute approximate surface area is 286 Å². The summed E-state index contributed by atoms with van der Waals surface area (Å²) in [6.45, 7) is -0.775. The van der Waals surface area contributed by atoms with E-state index in [2.05, 4.69) is 0 Å².